The van der Waals surface area contributed by atoms with E-state index >= 15 is 0 Å². The fourth-order valence-corrected chi connectivity index (χ4v) is 2.77. The number of ether oxygens (including phenoxy) is 2. The van der Waals surface area contributed by atoms with Crippen LogP contribution in [0, 0.1) is 11.8 Å². The van der Waals surface area contributed by atoms with Crippen LogP contribution in [-0.4, -0.2) is 19.8 Å². The normalized spacial score (nSPS) is 27.6. The van der Waals surface area contributed by atoms with Crippen LogP contribution >= 0.6 is 0 Å². The molecule has 1 aliphatic rings. The van der Waals surface area contributed by atoms with E-state index < -0.39 is 0 Å². The predicted molar refractivity (Wildman–Crippen MR) is 69.4 cm³/mol. The number of hydrogen-bond acceptors (Lipinski definition) is 2. The minimum atomic E-state index is 0.460. The van der Waals surface area contributed by atoms with Crippen molar-refractivity contribution in [1.82, 2.24) is 0 Å². The van der Waals surface area contributed by atoms with Gasteiger partial charge in [0.1, 0.15) is 5.75 Å². The van der Waals surface area contributed by atoms with Crippen molar-refractivity contribution in [2.24, 2.45) is 11.8 Å². The molecule has 2 nitrogen and oxygen atoms in total. The summed E-state index contributed by atoms with van der Waals surface area (Å²) >= 11 is 0. The first-order chi connectivity index (χ1) is 8.24. The summed E-state index contributed by atoms with van der Waals surface area (Å²) in [6, 6.07) is 8.38. The molecule has 0 amide bonds. The summed E-state index contributed by atoms with van der Waals surface area (Å²) in [6.45, 7) is 5.19. The first kappa shape index (κ1) is 12.4. The van der Waals surface area contributed by atoms with Crippen molar-refractivity contribution < 1.29 is 9.47 Å². The largest absolute Gasteiger partial charge is 0.497 e. The average Bonchev–Trinajstić information content (AvgIpc) is 2.36. The molecule has 0 radical (unpaired) electrons. The molecule has 94 valence electrons. The number of benzene rings is 1. The minimum Gasteiger partial charge on any atom is -0.497 e. The van der Waals surface area contributed by atoms with Gasteiger partial charge in [0, 0.05) is 6.61 Å². The van der Waals surface area contributed by atoms with Crippen LogP contribution in [0.15, 0.2) is 24.3 Å². The Morgan fingerprint density at radius 2 is 1.94 bits per heavy atom. The summed E-state index contributed by atoms with van der Waals surface area (Å²) in [6.07, 6.45) is 2.87. The summed E-state index contributed by atoms with van der Waals surface area (Å²) in [4.78, 5) is 0. The Labute approximate surface area is 104 Å². The van der Waals surface area contributed by atoms with Crippen molar-refractivity contribution in [3.8, 4) is 5.75 Å². The molecule has 0 bridgehead atoms. The lowest BCUT2D eigenvalue weighted by Crippen LogP contribution is -2.43. The van der Waals surface area contributed by atoms with Gasteiger partial charge in [0.2, 0.25) is 0 Å². The van der Waals surface area contributed by atoms with Crippen molar-refractivity contribution in [2.75, 3.05) is 13.7 Å². The van der Waals surface area contributed by atoms with E-state index in [1.807, 2.05) is 12.1 Å². The zero-order valence-corrected chi connectivity index (χ0v) is 11.0. The van der Waals surface area contributed by atoms with Gasteiger partial charge in [-0.2, -0.15) is 0 Å². The highest BCUT2D eigenvalue weighted by Gasteiger charge is 2.38. The molecule has 2 unspecified atom stereocenters. The Bertz CT molecular complexity index is 344. The molecule has 2 rings (SSSR count). The van der Waals surface area contributed by atoms with Crippen molar-refractivity contribution in [2.45, 2.75) is 32.8 Å². The third-order valence-corrected chi connectivity index (χ3v) is 3.72. The monoisotopic (exact) mass is 234 g/mol. The lowest BCUT2D eigenvalue weighted by atomic mass is 9.70. The molecule has 1 aromatic rings. The molecule has 0 N–H and O–H groups in total. The lowest BCUT2D eigenvalue weighted by Gasteiger charge is -2.42. The van der Waals surface area contributed by atoms with Gasteiger partial charge in [-0.25, -0.2) is 0 Å². The molecule has 1 fully saturated rings. The van der Waals surface area contributed by atoms with Crippen LogP contribution < -0.4 is 4.74 Å². The van der Waals surface area contributed by atoms with Gasteiger partial charge in [-0.1, -0.05) is 19.1 Å². The highest BCUT2D eigenvalue weighted by molar-refractivity contribution is 5.27. The fourth-order valence-electron chi connectivity index (χ4n) is 2.77. The van der Waals surface area contributed by atoms with Crippen LogP contribution in [0.4, 0.5) is 0 Å². The van der Waals surface area contributed by atoms with Crippen LogP contribution in [0.25, 0.3) is 0 Å². The van der Waals surface area contributed by atoms with Crippen LogP contribution in [0.5, 0.6) is 5.75 Å². The first-order valence-corrected chi connectivity index (χ1v) is 6.49. The molecular formula is C15H22O2. The van der Waals surface area contributed by atoms with Gasteiger partial charge in [-0.3, -0.25) is 0 Å². The zero-order chi connectivity index (χ0) is 12.3. The molecule has 2 heteroatoms. The van der Waals surface area contributed by atoms with Gasteiger partial charge >= 0.3 is 0 Å². The Hall–Kier alpha value is -1.02. The van der Waals surface area contributed by atoms with Crippen molar-refractivity contribution in [3.63, 3.8) is 0 Å². The first-order valence-electron chi connectivity index (χ1n) is 6.49. The Morgan fingerprint density at radius 1 is 1.24 bits per heavy atom. The molecule has 1 saturated carbocycles. The summed E-state index contributed by atoms with van der Waals surface area (Å²) in [5.41, 5.74) is 1.38. The maximum atomic E-state index is 5.80. The van der Waals surface area contributed by atoms with Crippen LogP contribution in [-0.2, 0) is 11.2 Å². The molecule has 0 spiro atoms. The second kappa shape index (κ2) is 5.54. The second-order valence-electron chi connectivity index (χ2n) is 4.95. The van der Waals surface area contributed by atoms with E-state index in [-0.39, 0.29) is 0 Å². The highest BCUT2D eigenvalue weighted by Crippen LogP contribution is 2.38. The molecule has 0 saturated heterocycles. The SMILES string of the molecule is CCOC1C(C)C[C@@H]1Cc1ccc(OC)cc1. The van der Waals surface area contributed by atoms with Gasteiger partial charge < -0.3 is 9.47 Å². The number of hydrogen-bond donors (Lipinski definition) is 0. The predicted octanol–water partition coefficient (Wildman–Crippen LogP) is 3.30. The van der Waals surface area contributed by atoms with E-state index in [4.69, 9.17) is 9.47 Å². The van der Waals surface area contributed by atoms with Crippen LogP contribution in [0.2, 0.25) is 0 Å². The highest BCUT2D eigenvalue weighted by atomic mass is 16.5. The smallest absolute Gasteiger partial charge is 0.118 e. The molecule has 1 aromatic carbocycles. The van der Waals surface area contributed by atoms with Crippen LogP contribution in [0.3, 0.4) is 0 Å². The quantitative estimate of drug-likeness (QED) is 0.778. The summed E-state index contributed by atoms with van der Waals surface area (Å²) in [5, 5.41) is 0. The van der Waals surface area contributed by atoms with Gasteiger partial charge in [0.25, 0.3) is 0 Å². The average molecular weight is 234 g/mol. The summed E-state index contributed by atoms with van der Waals surface area (Å²) in [7, 11) is 1.70. The molecule has 3 atom stereocenters. The van der Waals surface area contributed by atoms with Gasteiger partial charge in [0.05, 0.1) is 13.2 Å². The third-order valence-electron chi connectivity index (χ3n) is 3.72. The zero-order valence-electron chi connectivity index (χ0n) is 11.0. The Morgan fingerprint density at radius 3 is 2.47 bits per heavy atom. The minimum absolute atomic E-state index is 0.460. The van der Waals surface area contributed by atoms with E-state index in [0.29, 0.717) is 12.0 Å². The van der Waals surface area contributed by atoms with E-state index in [1.165, 1.54) is 12.0 Å². The van der Waals surface area contributed by atoms with Crippen molar-refractivity contribution in [3.05, 3.63) is 29.8 Å². The summed E-state index contributed by atoms with van der Waals surface area (Å²) < 4.78 is 11.0. The Kier molecular flexibility index (Phi) is 4.06. The van der Waals surface area contributed by atoms with Crippen molar-refractivity contribution >= 4 is 0 Å². The van der Waals surface area contributed by atoms with E-state index in [1.54, 1.807) is 7.11 Å². The van der Waals surface area contributed by atoms with Crippen molar-refractivity contribution in [1.29, 1.82) is 0 Å². The van der Waals surface area contributed by atoms with E-state index in [9.17, 15) is 0 Å². The van der Waals surface area contributed by atoms with Gasteiger partial charge in [-0.05, 0) is 49.3 Å². The van der Waals surface area contributed by atoms with Gasteiger partial charge in [0.15, 0.2) is 0 Å². The van der Waals surface area contributed by atoms with E-state index in [0.717, 1.165) is 24.7 Å². The molecule has 0 aliphatic heterocycles. The van der Waals surface area contributed by atoms with Crippen LogP contribution in [0.1, 0.15) is 25.8 Å². The molecule has 0 aromatic heterocycles. The molecular weight excluding hydrogens is 212 g/mol. The second-order valence-corrected chi connectivity index (χ2v) is 4.95. The summed E-state index contributed by atoms with van der Waals surface area (Å²) in [5.74, 6) is 2.34. The molecule has 17 heavy (non-hydrogen) atoms. The standard InChI is InChI=1S/C15H22O2/c1-4-17-15-11(2)9-13(15)10-12-5-7-14(16-3)8-6-12/h5-8,11,13,15H,4,9-10H2,1-3H3/t11?,13-,15?/m1/s1. The van der Waals surface area contributed by atoms with E-state index in [2.05, 4.69) is 26.0 Å². The maximum Gasteiger partial charge on any atom is 0.118 e. The maximum absolute atomic E-state index is 5.80. The number of methoxy groups -OCH3 is 1. The third kappa shape index (κ3) is 2.81. The lowest BCUT2D eigenvalue weighted by molar-refractivity contribution is -0.0838. The fraction of sp³-hybridized carbons (Fsp3) is 0.600. The Balaban J connectivity index is 1.92. The number of rotatable bonds is 5. The molecule has 0 heterocycles. The molecule has 1 aliphatic carbocycles. The van der Waals surface area contributed by atoms with Gasteiger partial charge in [-0.15, -0.1) is 0 Å². The topological polar surface area (TPSA) is 18.5 Å².